The standard InChI is InChI=1S/C21H20N6O2/c1-14-5-3-10-27-18(14)17(12-23-27)21(28)26-9-4-7-16(13-26)20-24-19(25-29-20)15-6-2-8-22-11-15/h2-3,5-6,8,10-12,16H,4,7,9,13H2,1H3. The van der Waals surface area contributed by atoms with Gasteiger partial charge in [-0.25, -0.2) is 4.52 Å². The van der Waals surface area contributed by atoms with E-state index >= 15 is 0 Å². The molecule has 146 valence electrons. The van der Waals surface area contributed by atoms with E-state index in [1.165, 1.54) is 0 Å². The van der Waals surface area contributed by atoms with Gasteiger partial charge in [-0.3, -0.25) is 9.78 Å². The molecule has 0 N–H and O–H groups in total. The lowest BCUT2D eigenvalue weighted by atomic mass is 9.97. The van der Waals surface area contributed by atoms with E-state index in [2.05, 4.69) is 20.2 Å². The molecule has 0 radical (unpaired) electrons. The molecule has 0 aliphatic carbocycles. The summed E-state index contributed by atoms with van der Waals surface area (Å²) in [6.45, 7) is 3.25. The predicted octanol–water partition coefficient (Wildman–Crippen LogP) is 3.11. The SMILES string of the molecule is Cc1cccn2ncc(C(=O)N3CCCC(c4nc(-c5cccnc5)no4)C3)c12. The van der Waals surface area contributed by atoms with Crippen molar-refractivity contribution in [2.24, 2.45) is 0 Å². The van der Waals surface area contributed by atoms with Crippen molar-refractivity contribution in [3.05, 3.63) is 66.1 Å². The van der Waals surface area contributed by atoms with Crippen molar-refractivity contribution in [3.63, 3.8) is 0 Å². The highest BCUT2D eigenvalue weighted by Crippen LogP contribution is 2.29. The zero-order chi connectivity index (χ0) is 19.8. The van der Waals surface area contributed by atoms with Crippen LogP contribution in [0.1, 0.15) is 40.6 Å². The number of carbonyl (C=O) groups is 1. The first-order chi connectivity index (χ1) is 14.2. The molecule has 0 bridgehead atoms. The average molecular weight is 388 g/mol. The van der Waals surface area contributed by atoms with E-state index in [9.17, 15) is 4.79 Å². The summed E-state index contributed by atoms with van der Waals surface area (Å²) in [7, 11) is 0. The van der Waals surface area contributed by atoms with Crippen LogP contribution in [0.2, 0.25) is 0 Å². The summed E-state index contributed by atoms with van der Waals surface area (Å²) in [6.07, 6.45) is 8.72. The fraction of sp³-hybridized carbons (Fsp3) is 0.286. The Morgan fingerprint density at radius 2 is 2.17 bits per heavy atom. The number of carbonyl (C=O) groups excluding carboxylic acids is 1. The van der Waals surface area contributed by atoms with Gasteiger partial charge in [0.05, 0.1) is 23.2 Å². The summed E-state index contributed by atoms with van der Waals surface area (Å²) in [4.78, 5) is 23.7. The molecule has 8 heteroatoms. The van der Waals surface area contributed by atoms with Crippen LogP contribution >= 0.6 is 0 Å². The highest BCUT2D eigenvalue weighted by molar-refractivity contribution is 6.01. The van der Waals surface area contributed by atoms with E-state index in [0.717, 1.165) is 29.5 Å². The van der Waals surface area contributed by atoms with Crippen LogP contribution in [-0.4, -0.2) is 48.6 Å². The van der Waals surface area contributed by atoms with Gasteiger partial charge >= 0.3 is 0 Å². The number of nitrogens with zero attached hydrogens (tertiary/aromatic N) is 6. The second-order valence-corrected chi connectivity index (χ2v) is 7.33. The van der Waals surface area contributed by atoms with E-state index in [1.807, 2.05) is 42.3 Å². The molecule has 1 fully saturated rings. The number of piperidine rings is 1. The Bertz CT molecular complexity index is 1170. The summed E-state index contributed by atoms with van der Waals surface area (Å²) >= 11 is 0. The first-order valence-electron chi connectivity index (χ1n) is 9.67. The molecular weight excluding hydrogens is 368 g/mol. The smallest absolute Gasteiger partial charge is 0.257 e. The normalized spacial score (nSPS) is 17.0. The van der Waals surface area contributed by atoms with Gasteiger partial charge in [-0.15, -0.1) is 0 Å². The molecule has 1 unspecified atom stereocenters. The Kier molecular flexibility index (Phi) is 4.31. The zero-order valence-electron chi connectivity index (χ0n) is 16.0. The second kappa shape index (κ2) is 7.12. The number of aromatic nitrogens is 5. The maximum Gasteiger partial charge on any atom is 0.257 e. The fourth-order valence-corrected chi connectivity index (χ4v) is 3.92. The number of pyridine rings is 2. The minimum Gasteiger partial charge on any atom is -0.339 e. The van der Waals surface area contributed by atoms with Gasteiger partial charge in [-0.2, -0.15) is 10.1 Å². The van der Waals surface area contributed by atoms with Gasteiger partial charge in [-0.1, -0.05) is 11.2 Å². The number of likely N-dealkylation sites (tertiary alicyclic amines) is 1. The molecule has 0 spiro atoms. The molecule has 5 heterocycles. The molecule has 1 aliphatic rings. The van der Waals surface area contributed by atoms with Crippen molar-refractivity contribution < 1.29 is 9.32 Å². The molecular formula is C21H20N6O2. The number of aryl methyl sites for hydroxylation is 1. The minimum absolute atomic E-state index is 0.00834. The minimum atomic E-state index is -0.00834. The first kappa shape index (κ1) is 17.5. The van der Waals surface area contributed by atoms with E-state index in [0.29, 0.717) is 30.4 Å². The lowest BCUT2D eigenvalue weighted by molar-refractivity contribution is 0.0697. The van der Waals surface area contributed by atoms with Crippen molar-refractivity contribution in [2.75, 3.05) is 13.1 Å². The molecule has 5 rings (SSSR count). The van der Waals surface area contributed by atoms with E-state index < -0.39 is 0 Å². The molecule has 4 aromatic heterocycles. The summed E-state index contributed by atoms with van der Waals surface area (Å²) < 4.78 is 7.28. The Morgan fingerprint density at radius 1 is 1.24 bits per heavy atom. The van der Waals surface area contributed by atoms with E-state index in [-0.39, 0.29) is 11.8 Å². The van der Waals surface area contributed by atoms with Crippen molar-refractivity contribution in [2.45, 2.75) is 25.7 Å². The first-order valence-corrected chi connectivity index (χ1v) is 9.67. The van der Waals surface area contributed by atoms with Crippen molar-refractivity contribution >= 4 is 11.4 Å². The predicted molar refractivity (Wildman–Crippen MR) is 105 cm³/mol. The number of rotatable bonds is 3. The van der Waals surface area contributed by atoms with Crippen LogP contribution in [-0.2, 0) is 0 Å². The molecule has 29 heavy (non-hydrogen) atoms. The van der Waals surface area contributed by atoms with Crippen LogP contribution < -0.4 is 0 Å². The summed E-state index contributed by atoms with van der Waals surface area (Å²) in [6, 6.07) is 7.65. The highest BCUT2D eigenvalue weighted by atomic mass is 16.5. The topological polar surface area (TPSA) is 89.4 Å². The van der Waals surface area contributed by atoms with Crippen LogP contribution in [0.4, 0.5) is 0 Å². The van der Waals surface area contributed by atoms with Gasteiger partial charge < -0.3 is 9.42 Å². The largest absolute Gasteiger partial charge is 0.339 e. The molecule has 8 nitrogen and oxygen atoms in total. The van der Waals surface area contributed by atoms with Crippen molar-refractivity contribution in [3.8, 4) is 11.4 Å². The van der Waals surface area contributed by atoms with Crippen LogP contribution in [0.15, 0.2) is 53.6 Å². The molecule has 0 saturated carbocycles. The van der Waals surface area contributed by atoms with E-state index in [4.69, 9.17) is 4.52 Å². The Balaban J connectivity index is 1.38. The quantitative estimate of drug-likeness (QED) is 0.536. The molecule has 1 atom stereocenters. The number of hydrogen-bond donors (Lipinski definition) is 0. The Hall–Kier alpha value is -3.55. The van der Waals surface area contributed by atoms with Gasteiger partial charge in [0.15, 0.2) is 0 Å². The van der Waals surface area contributed by atoms with Gasteiger partial charge in [0.25, 0.3) is 5.91 Å². The summed E-state index contributed by atoms with van der Waals surface area (Å²) in [5.41, 5.74) is 3.33. The van der Waals surface area contributed by atoms with E-state index in [1.54, 1.807) is 23.1 Å². The third kappa shape index (κ3) is 3.16. The third-order valence-corrected chi connectivity index (χ3v) is 5.39. The van der Waals surface area contributed by atoms with Gasteiger partial charge in [-0.05, 0) is 43.5 Å². The van der Waals surface area contributed by atoms with Crippen LogP contribution in [0.25, 0.3) is 16.9 Å². The third-order valence-electron chi connectivity index (χ3n) is 5.39. The van der Waals surface area contributed by atoms with Crippen LogP contribution in [0, 0.1) is 6.92 Å². The number of amides is 1. The maximum absolute atomic E-state index is 13.2. The van der Waals surface area contributed by atoms with Gasteiger partial charge in [0.1, 0.15) is 0 Å². The van der Waals surface area contributed by atoms with Gasteiger partial charge in [0.2, 0.25) is 11.7 Å². The molecule has 0 aromatic carbocycles. The molecule has 1 saturated heterocycles. The lowest BCUT2D eigenvalue weighted by Gasteiger charge is -2.30. The maximum atomic E-state index is 13.2. The second-order valence-electron chi connectivity index (χ2n) is 7.33. The summed E-state index contributed by atoms with van der Waals surface area (Å²) in [5.74, 6) is 1.10. The monoisotopic (exact) mass is 388 g/mol. The molecule has 4 aromatic rings. The van der Waals surface area contributed by atoms with Crippen molar-refractivity contribution in [1.29, 1.82) is 0 Å². The van der Waals surface area contributed by atoms with Crippen molar-refractivity contribution in [1.82, 2.24) is 29.6 Å². The summed E-state index contributed by atoms with van der Waals surface area (Å²) in [5, 5.41) is 8.42. The Labute approximate surface area is 167 Å². The Morgan fingerprint density at radius 3 is 3.03 bits per heavy atom. The lowest BCUT2D eigenvalue weighted by Crippen LogP contribution is -2.39. The fourth-order valence-electron chi connectivity index (χ4n) is 3.92. The average Bonchev–Trinajstić information content (AvgIpc) is 3.42. The molecule has 1 aliphatic heterocycles. The van der Waals surface area contributed by atoms with Crippen LogP contribution in [0.5, 0.6) is 0 Å². The number of fused-ring (bicyclic) bond motifs is 1. The van der Waals surface area contributed by atoms with Crippen LogP contribution in [0.3, 0.4) is 0 Å². The zero-order valence-corrected chi connectivity index (χ0v) is 16.0. The van der Waals surface area contributed by atoms with Gasteiger partial charge in [0, 0.05) is 37.2 Å². The molecule has 1 amide bonds. The number of hydrogen-bond acceptors (Lipinski definition) is 6. The highest BCUT2D eigenvalue weighted by Gasteiger charge is 2.30.